The SMILES string of the molecule is CC1(C)O[C@@H]2Cc3ccccc3[C@@H]2N1C(=O)[C@@H](CCO[Si](c1ccccc1)(c1ccccc1)C(C)(C)C)Cc1ccccc1. The van der Waals surface area contributed by atoms with Crippen LogP contribution >= 0.6 is 0 Å². The maximum Gasteiger partial charge on any atom is 0.261 e. The van der Waals surface area contributed by atoms with E-state index in [9.17, 15) is 4.79 Å². The van der Waals surface area contributed by atoms with Gasteiger partial charge in [0.05, 0.1) is 12.1 Å². The van der Waals surface area contributed by atoms with Crippen molar-refractivity contribution in [1.29, 1.82) is 0 Å². The van der Waals surface area contributed by atoms with Crippen LogP contribution in [-0.2, 0) is 26.8 Å². The average Bonchev–Trinajstić information content (AvgIpc) is 3.49. The summed E-state index contributed by atoms with van der Waals surface area (Å²) in [7, 11) is -2.72. The van der Waals surface area contributed by atoms with Crippen LogP contribution in [0.1, 0.15) is 63.8 Å². The fourth-order valence-corrected chi connectivity index (χ4v) is 12.2. The minimum absolute atomic E-state index is 0.0166. The third-order valence-electron chi connectivity index (χ3n) is 9.56. The molecular weight excluding hydrogens is 559 g/mol. The zero-order chi connectivity index (χ0) is 31.0. The van der Waals surface area contributed by atoms with E-state index in [2.05, 4.69) is 135 Å². The van der Waals surface area contributed by atoms with Gasteiger partial charge in [-0.25, -0.2) is 0 Å². The molecule has 0 N–H and O–H groups in total. The van der Waals surface area contributed by atoms with E-state index in [4.69, 9.17) is 9.16 Å². The van der Waals surface area contributed by atoms with Crippen molar-refractivity contribution in [3.8, 4) is 0 Å². The molecule has 1 fully saturated rings. The quantitative estimate of drug-likeness (QED) is 0.192. The molecule has 1 aliphatic heterocycles. The van der Waals surface area contributed by atoms with Crippen molar-refractivity contribution in [1.82, 2.24) is 4.90 Å². The maximum absolute atomic E-state index is 14.8. The van der Waals surface area contributed by atoms with Crippen molar-refractivity contribution in [2.24, 2.45) is 5.92 Å². The molecule has 6 rings (SSSR count). The summed E-state index contributed by atoms with van der Waals surface area (Å²) in [5.41, 5.74) is 2.98. The molecule has 1 saturated heterocycles. The first-order valence-corrected chi connectivity index (χ1v) is 17.9. The highest BCUT2D eigenvalue weighted by molar-refractivity contribution is 6.99. The van der Waals surface area contributed by atoms with Crippen LogP contribution in [0.3, 0.4) is 0 Å². The van der Waals surface area contributed by atoms with Crippen LogP contribution in [0.2, 0.25) is 5.04 Å². The molecule has 1 heterocycles. The second-order valence-corrected chi connectivity index (χ2v) is 18.2. The Labute approximate surface area is 264 Å². The smallest absolute Gasteiger partial charge is 0.261 e. The average molecular weight is 604 g/mol. The van der Waals surface area contributed by atoms with Gasteiger partial charge in [0.15, 0.2) is 0 Å². The van der Waals surface area contributed by atoms with E-state index in [1.165, 1.54) is 21.5 Å². The number of ether oxygens (including phenoxy) is 1. The van der Waals surface area contributed by atoms with Crippen molar-refractivity contribution in [2.45, 2.75) is 76.8 Å². The van der Waals surface area contributed by atoms with E-state index in [0.29, 0.717) is 19.4 Å². The summed E-state index contributed by atoms with van der Waals surface area (Å²) >= 11 is 0. The lowest BCUT2D eigenvalue weighted by Crippen LogP contribution is -2.66. The molecule has 4 aromatic carbocycles. The summed E-state index contributed by atoms with van der Waals surface area (Å²) in [6, 6.07) is 40.3. The van der Waals surface area contributed by atoms with Crippen LogP contribution < -0.4 is 10.4 Å². The minimum Gasteiger partial charge on any atom is -0.407 e. The Morgan fingerprint density at radius 2 is 1.41 bits per heavy atom. The molecule has 0 aromatic heterocycles. The molecule has 0 bridgehead atoms. The van der Waals surface area contributed by atoms with E-state index < -0.39 is 14.0 Å². The molecule has 4 nitrogen and oxygen atoms in total. The molecule has 1 amide bonds. The first kappa shape index (κ1) is 30.5. The van der Waals surface area contributed by atoms with Gasteiger partial charge in [-0.3, -0.25) is 4.79 Å². The second-order valence-electron chi connectivity index (χ2n) is 13.8. The van der Waals surface area contributed by atoms with Crippen LogP contribution in [0.25, 0.3) is 0 Å². The predicted octanol–water partition coefficient (Wildman–Crippen LogP) is 7.07. The van der Waals surface area contributed by atoms with Gasteiger partial charge in [0.25, 0.3) is 8.32 Å². The highest BCUT2D eigenvalue weighted by Crippen LogP contribution is 2.49. The van der Waals surface area contributed by atoms with Crippen LogP contribution in [0.4, 0.5) is 0 Å². The van der Waals surface area contributed by atoms with Gasteiger partial charge < -0.3 is 14.1 Å². The van der Waals surface area contributed by atoms with Gasteiger partial charge in [-0.15, -0.1) is 0 Å². The Balaban J connectivity index is 1.33. The van der Waals surface area contributed by atoms with Gasteiger partial charge in [0.1, 0.15) is 5.72 Å². The standard InChI is InChI=1S/C39H45NO3Si/c1-38(2,3)44(32-20-11-7-12-21-32,33-22-13-8-14-23-33)42-26-25-31(27-29-17-9-6-10-18-29)37(41)40-36-34-24-16-15-19-30(34)28-35(36)43-39(40,4)5/h6-24,31,35-36H,25-28H2,1-5H3/t31-,35+,36-/m0/s1. The number of nitrogens with zero attached hydrogens (tertiary/aromatic N) is 1. The summed E-state index contributed by atoms with van der Waals surface area (Å²) in [6.45, 7) is 11.5. The van der Waals surface area contributed by atoms with Gasteiger partial charge in [-0.05, 0) is 58.8 Å². The first-order chi connectivity index (χ1) is 21.1. The zero-order valence-electron chi connectivity index (χ0n) is 26.7. The second kappa shape index (κ2) is 12.1. The maximum atomic E-state index is 14.8. The van der Waals surface area contributed by atoms with Crippen molar-refractivity contribution >= 4 is 24.6 Å². The number of rotatable bonds is 9. The van der Waals surface area contributed by atoms with Crippen LogP contribution in [-0.4, -0.2) is 37.6 Å². The Kier molecular flexibility index (Phi) is 8.40. The molecule has 0 unspecified atom stereocenters. The van der Waals surface area contributed by atoms with Crippen molar-refractivity contribution in [3.05, 3.63) is 132 Å². The molecule has 0 saturated carbocycles. The third kappa shape index (κ3) is 5.58. The van der Waals surface area contributed by atoms with Crippen molar-refractivity contribution in [2.75, 3.05) is 6.61 Å². The predicted molar refractivity (Wildman–Crippen MR) is 181 cm³/mol. The summed E-state index contributed by atoms with van der Waals surface area (Å²) < 4.78 is 13.9. The zero-order valence-corrected chi connectivity index (χ0v) is 27.7. The van der Waals surface area contributed by atoms with E-state index in [1.54, 1.807) is 0 Å². The number of hydrogen-bond donors (Lipinski definition) is 0. The summed E-state index contributed by atoms with van der Waals surface area (Å²) in [4.78, 5) is 16.9. The summed E-state index contributed by atoms with van der Waals surface area (Å²) in [5, 5.41) is 2.38. The summed E-state index contributed by atoms with van der Waals surface area (Å²) in [6.07, 6.45) is 2.12. The van der Waals surface area contributed by atoms with Gasteiger partial charge in [0.2, 0.25) is 5.91 Å². The van der Waals surface area contributed by atoms with Gasteiger partial charge >= 0.3 is 0 Å². The summed E-state index contributed by atoms with van der Waals surface area (Å²) in [5.74, 6) is -0.0980. The molecule has 1 aliphatic carbocycles. The van der Waals surface area contributed by atoms with Gasteiger partial charge in [-0.2, -0.15) is 0 Å². The number of hydrogen-bond acceptors (Lipinski definition) is 3. The Bertz CT molecular complexity index is 1530. The monoisotopic (exact) mass is 603 g/mol. The lowest BCUT2D eigenvalue weighted by atomic mass is 9.93. The number of benzene rings is 4. The normalized spacial score (nSPS) is 19.8. The van der Waals surface area contributed by atoms with E-state index in [0.717, 1.165) is 12.0 Å². The molecule has 3 atom stereocenters. The molecule has 44 heavy (non-hydrogen) atoms. The number of carbonyl (C=O) groups excluding carboxylic acids is 1. The van der Waals surface area contributed by atoms with E-state index >= 15 is 0 Å². The largest absolute Gasteiger partial charge is 0.407 e. The lowest BCUT2D eigenvalue weighted by Gasteiger charge is -2.43. The molecule has 228 valence electrons. The minimum atomic E-state index is -2.72. The van der Waals surface area contributed by atoms with Gasteiger partial charge in [-0.1, -0.05) is 136 Å². The molecule has 0 radical (unpaired) electrons. The number of amides is 1. The van der Waals surface area contributed by atoms with Gasteiger partial charge in [0, 0.05) is 18.9 Å². The third-order valence-corrected chi connectivity index (χ3v) is 14.6. The Morgan fingerprint density at radius 1 is 0.864 bits per heavy atom. The van der Waals surface area contributed by atoms with Crippen LogP contribution in [0.15, 0.2) is 115 Å². The fraction of sp³-hybridized carbons (Fsp3) is 0.359. The highest BCUT2D eigenvalue weighted by atomic mass is 28.4. The molecule has 5 heteroatoms. The van der Waals surface area contributed by atoms with Crippen LogP contribution in [0.5, 0.6) is 0 Å². The molecule has 4 aromatic rings. The van der Waals surface area contributed by atoms with Crippen molar-refractivity contribution in [3.63, 3.8) is 0 Å². The molecular formula is C39H45NO3Si. The lowest BCUT2D eigenvalue weighted by molar-refractivity contribution is -0.152. The van der Waals surface area contributed by atoms with Crippen LogP contribution in [0, 0.1) is 5.92 Å². The fourth-order valence-electron chi connectivity index (χ4n) is 7.64. The molecule has 2 aliphatic rings. The highest BCUT2D eigenvalue weighted by Gasteiger charge is 2.55. The first-order valence-electron chi connectivity index (χ1n) is 16.0. The Morgan fingerprint density at radius 3 is 2.00 bits per heavy atom. The van der Waals surface area contributed by atoms with Crippen molar-refractivity contribution < 1.29 is 14.0 Å². The van der Waals surface area contributed by atoms with E-state index in [1.807, 2.05) is 19.9 Å². The van der Waals surface area contributed by atoms with E-state index in [-0.39, 0.29) is 29.0 Å². The topological polar surface area (TPSA) is 38.8 Å². The number of fused-ring (bicyclic) bond motifs is 3. The number of carbonyl (C=O) groups is 1. The molecule has 0 spiro atoms. The Hall–Kier alpha value is -3.51.